The van der Waals surface area contributed by atoms with Crippen LogP contribution < -0.4 is 5.73 Å². The lowest BCUT2D eigenvalue weighted by molar-refractivity contribution is 0.581. The number of hydrogen-bond donors (Lipinski definition) is 1. The van der Waals surface area contributed by atoms with Crippen LogP contribution in [0.25, 0.3) is 0 Å². The molecule has 3 heteroatoms. The van der Waals surface area contributed by atoms with Crippen molar-refractivity contribution in [1.29, 1.82) is 0 Å². The Morgan fingerprint density at radius 3 is 2.31 bits per heavy atom. The summed E-state index contributed by atoms with van der Waals surface area (Å²) < 4.78 is 12.6. The maximum atomic E-state index is 12.6. The van der Waals surface area contributed by atoms with E-state index in [1.54, 1.807) is 12.1 Å². The van der Waals surface area contributed by atoms with Crippen molar-refractivity contribution in [1.82, 2.24) is 0 Å². The standard InChI is InChI=1S/C13H19FN2/c1-13(2,3)12(15)16-9-8-10-4-6-11(14)7-5-10/h4-7H,8-9H2,1-3H3,(H2,15,16). The monoisotopic (exact) mass is 222 g/mol. The molecule has 2 N–H and O–H groups in total. The van der Waals surface area contributed by atoms with Gasteiger partial charge in [-0.3, -0.25) is 4.99 Å². The molecule has 1 aromatic carbocycles. The third-order valence-corrected chi connectivity index (χ3v) is 2.36. The molecule has 0 amide bonds. The van der Waals surface area contributed by atoms with E-state index in [1.165, 1.54) is 12.1 Å². The first kappa shape index (κ1) is 12.7. The Bertz CT molecular complexity index is 361. The molecule has 0 aromatic heterocycles. The Hall–Kier alpha value is -1.38. The van der Waals surface area contributed by atoms with Crippen molar-refractivity contribution in [3.63, 3.8) is 0 Å². The molecule has 16 heavy (non-hydrogen) atoms. The molecule has 0 radical (unpaired) electrons. The zero-order valence-electron chi connectivity index (χ0n) is 10.1. The minimum atomic E-state index is -0.207. The number of amidine groups is 1. The highest BCUT2D eigenvalue weighted by Crippen LogP contribution is 2.12. The normalized spacial score (nSPS) is 12.9. The number of benzene rings is 1. The summed E-state index contributed by atoms with van der Waals surface area (Å²) in [5.41, 5.74) is 6.82. The van der Waals surface area contributed by atoms with Gasteiger partial charge in [0, 0.05) is 12.0 Å². The second kappa shape index (κ2) is 5.10. The predicted molar refractivity (Wildman–Crippen MR) is 66.0 cm³/mol. The highest BCUT2D eigenvalue weighted by molar-refractivity contribution is 5.85. The highest BCUT2D eigenvalue weighted by Gasteiger charge is 2.14. The molecule has 0 bridgehead atoms. The fourth-order valence-corrected chi connectivity index (χ4v) is 1.19. The Morgan fingerprint density at radius 1 is 1.25 bits per heavy atom. The van der Waals surface area contributed by atoms with E-state index in [0.29, 0.717) is 12.4 Å². The molecule has 0 unspecified atom stereocenters. The van der Waals surface area contributed by atoms with Gasteiger partial charge in [0.15, 0.2) is 0 Å². The molecule has 0 heterocycles. The van der Waals surface area contributed by atoms with Crippen molar-refractivity contribution in [2.75, 3.05) is 6.54 Å². The van der Waals surface area contributed by atoms with Crippen molar-refractivity contribution in [3.8, 4) is 0 Å². The maximum absolute atomic E-state index is 12.6. The second-order valence-corrected chi connectivity index (χ2v) is 4.89. The third-order valence-electron chi connectivity index (χ3n) is 2.36. The van der Waals surface area contributed by atoms with Crippen LogP contribution in [0.3, 0.4) is 0 Å². The molecule has 2 nitrogen and oxygen atoms in total. The predicted octanol–water partition coefficient (Wildman–Crippen LogP) is 2.77. The third kappa shape index (κ3) is 4.01. The molecule has 0 aliphatic heterocycles. The smallest absolute Gasteiger partial charge is 0.123 e. The van der Waals surface area contributed by atoms with Crippen LogP contribution in [0.4, 0.5) is 4.39 Å². The van der Waals surface area contributed by atoms with Crippen LogP contribution in [-0.2, 0) is 6.42 Å². The van der Waals surface area contributed by atoms with Crippen LogP contribution in [0.15, 0.2) is 29.3 Å². The number of hydrogen-bond acceptors (Lipinski definition) is 1. The maximum Gasteiger partial charge on any atom is 0.123 e. The number of rotatable bonds is 3. The number of nitrogens with two attached hydrogens (primary N) is 1. The van der Waals surface area contributed by atoms with Gasteiger partial charge < -0.3 is 5.73 Å². The first-order valence-electron chi connectivity index (χ1n) is 5.44. The Balaban J connectivity index is 2.50. The highest BCUT2D eigenvalue weighted by atomic mass is 19.1. The van der Waals surface area contributed by atoms with E-state index in [4.69, 9.17) is 5.73 Å². The van der Waals surface area contributed by atoms with Gasteiger partial charge in [0.1, 0.15) is 5.82 Å². The van der Waals surface area contributed by atoms with E-state index in [2.05, 4.69) is 4.99 Å². The van der Waals surface area contributed by atoms with Crippen molar-refractivity contribution in [2.24, 2.45) is 16.1 Å². The zero-order valence-corrected chi connectivity index (χ0v) is 10.1. The SMILES string of the molecule is CC(C)(C)C(N)=NCCc1ccc(F)cc1. The van der Waals surface area contributed by atoms with E-state index in [9.17, 15) is 4.39 Å². The van der Waals surface area contributed by atoms with Crippen LogP contribution >= 0.6 is 0 Å². The molecule has 0 aliphatic rings. The number of halogens is 1. The van der Waals surface area contributed by atoms with Gasteiger partial charge in [-0.15, -0.1) is 0 Å². The van der Waals surface area contributed by atoms with Gasteiger partial charge in [-0.05, 0) is 24.1 Å². The van der Waals surface area contributed by atoms with Crippen LogP contribution in [0.2, 0.25) is 0 Å². The van der Waals surface area contributed by atoms with Gasteiger partial charge in [0.05, 0.1) is 5.84 Å². The lowest BCUT2D eigenvalue weighted by Gasteiger charge is -2.17. The molecule has 0 saturated carbocycles. The summed E-state index contributed by atoms with van der Waals surface area (Å²) >= 11 is 0. The summed E-state index contributed by atoms with van der Waals surface area (Å²) in [5.74, 6) is 0.455. The van der Waals surface area contributed by atoms with Gasteiger partial charge >= 0.3 is 0 Å². The minimum Gasteiger partial charge on any atom is -0.387 e. The zero-order chi connectivity index (χ0) is 12.2. The Morgan fingerprint density at radius 2 is 1.81 bits per heavy atom. The first-order valence-corrected chi connectivity index (χ1v) is 5.44. The van der Waals surface area contributed by atoms with Gasteiger partial charge in [0.2, 0.25) is 0 Å². The van der Waals surface area contributed by atoms with E-state index in [1.807, 2.05) is 20.8 Å². The molecular formula is C13H19FN2. The van der Waals surface area contributed by atoms with Gasteiger partial charge in [-0.1, -0.05) is 32.9 Å². The molecule has 88 valence electrons. The van der Waals surface area contributed by atoms with Crippen LogP contribution in [-0.4, -0.2) is 12.4 Å². The molecule has 0 aliphatic carbocycles. The molecule has 0 atom stereocenters. The van der Waals surface area contributed by atoms with Gasteiger partial charge in [-0.25, -0.2) is 4.39 Å². The van der Waals surface area contributed by atoms with Crippen LogP contribution in [0.5, 0.6) is 0 Å². The molecule has 0 fully saturated rings. The summed E-state index contributed by atoms with van der Waals surface area (Å²) in [7, 11) is 0. The average Bonchev–Trinajstić information content (AvgIpc) is 2.19. The average molecular weight is 222 g/mol. The lowest BCUT2D eigenvalue weighted by Crippen LogP contribution is -2.29. The summed E-state index contributed by atoms with van der Waals surface area (Å²) in [6, 6.07) is 6.48. The van der Waals surface area contributed by atoms with Gasteiger partial charge in [0.25, 0.3) is 0 Å². The number of nitrogens with zero attached hydrogens (tertiary/aromatic N) is 1. The molecule has 1 rings (SSSR count). The van der Waals surface area contributed by atoms with Crippen molar-refractivity contribution < 1.29 is 4.39 Å². The summed E-state index contributed by atoms with van der Waals surface area (Å²) in [6.07, 6.45) is 0.789. The van der Waals surface area contributed by atoms with E-state index in [-0.39, 0.29) is 11.2 Å². The summed E-state index contributed by atoms with van der Waals surface area (Å²) in [6.45, 7) is 6.74. The van der Waals surface area contributed by atoms with Crippen molar-refractivity contribution in [2.45, 2.75) is 27.2 Å². The minimum absolute atomic E-state index is 0.0806. The molecule has 0 spiro atoms. The van der Waals surface area contributed by atoms with E-state index >= 15 is 0 Å². The Kier molecular flexibility index (Phi) is 4.05. The second-order valence-electron chi connectivity index (χ2n) is 4.89. The number of aliphatic imine (C=N–C) groups is 1. The molecular weight excluding hydrogens is 203 g/mol. The van der Waals surface area contributed by atoms with Gasteiger partial charge in [-0.2, -0.15) is 0 Å². The van der Waals surface area contributed by atoms with Crippen LogP contribution in [0.1, 0.15) is 26.3 Å². The quantitative estimate of drug-likeness (QED) is 0.620. The fraction of sp³-hybridized carbons (Fsp3) is 0.462. The first-order chi connectivity index (χ1) is 7.39. The summed E-state index contributed by atoms with van der Waals surface area (Å²) in [4.78, 5) is 4.31. The Labute approximate surface area is 96.4 Å². The topological polar surface area (TPSA) is 38.4 Å². The van der Waals surface area contributed by atoms with E-state index in [0.717, 1.165) is 12.0 Å². The largest absolute Gasteiger partial charge is 0.387 e. The molecule has 0 saturated heterocycles. The lowest BCUT2D eigenvalue weighted by atomic mass is 9.95. The molecule has 1 aromatic rings. The summed E-state index contributed by atoms with van der Waals surface area (Å²) in [5, 5.41) is 0. The van der Waals surface area contributed by atoms with Crippen molar-refractivity contribution in [3.05, 3.63) is 35.6 Å². The van der Waals surface area contributed by atoms with E-state index < -0.39 is 0 Å². The van der Waals surface area contributed by atoms with Crippen LogP contribution in [0, 0.1) is 11.2 Å². The van der Waals surface area contributed by atoms with Crippen molar-refractivity contribution >= 4 is 5.84 Å². The fourth-order valence-electron chi connectivity index (χ4n) is 1.19.